The number of hydrogen-bond donors (Lipinski definition) is 0. The number of hydrogen-bond acceptors (Lipinski definition) is 3. The van der Waals surface area contributed by atoms with Crippen molar-refractivity contribution in [3.63, 3.8) is 0 Å². The van der Waals surface area contributed by atoms with Gasteiger partial charge in [-0.25, -0.2) is 8.78 Å². The van der Waals surface area contributed by atoms with Crippen molar-refractivity contribution < 1.29 is 18.4 Å². The van der Waals surface area contributed by atoms with E-state index in [4.69, 9.17) is 16.3 Å². The van der Waals surface area contributed by atoms with E-state index in [9.17, 15) is 18.9 Å². The van der Waals surface area contributed by atoms with Crippen LogP contribution in [0.4, 0.5) is 14.5 Å². The Hall–Kier alpha value is -2.21. The van der Waals surface area contributed by atoms with Crippen LogP contribution in [0.25, 0.3) is 0 Å². The van der Waals surface area contributed by atoms with Crippen LogP contribution in [0.2, 0.25) is 0 Å². The zero-order valence-electron chi connectivity index (χ0n) is 10.7. The summed E-state index contributed by atoms with van der Waals surface area (Å²) in [6.07, 6.45) is 0. The third kappa shape index (κ3) is 3.66. The molecule has 0 unspecified atom stereocenters. The maximum Gasteiger partial charge on any atom is 0.310 e. The molecule has 0 N–H and O–H groups in total. The first kappa shape index (κ1) is 15.2. The highest BCUT2D eigenvalue weighted by Crippen LogP contribution is 2.29. The van der Waals surface area contributed by atoms with E-state index in [2.05, 4.69) is 0 Å². The smallest absolute Gasteiger partial charge is 0.310 e. The van der Waals surface area contributed by atoms with Crippen LogP contribution in [0.3, 0.4) is 0 Å². The first-order valence-electron chi connectivity index (χ1n) is 5.91. The zero-order chi connectivity index (χ0) is 15.4. The molecule has 0 aromatic heterocycles. The molecule has 110 valence electrons. The maximum atomic E-state index is 13.5. The highest BCUT2D eigenvalue weighted by Gasteiger charge is 2.16. The monoisotopic (exact) mass is 313 g/mol. The molecule has 0 aliphatic heterocycles. The molecule has 0 radical (unpaired) electrons. The van der Waals surface area contributed by atoms with Gasteiger partial charge in [-0.15, -0.1) is 11.6 Å². The number of rotatable bonds is 5. The molecule has 0 atom stereocenters. The van der Waals surface area contributed by atoms with E-state index in [0.29, 0.717) is 5.56 Å². The average Bonchev–Trinajstić information content (AvgIpc) is 2.47. The fourth-order valence-corrected chi connectivity index (χ4v) is 1.88. The van der Waals surface area contributed by atoms with Crippen molar-refractivity contribution in [3.8, 4) is 5.75 Å². The second-order valence-electron chi connectivity index (χ2n) is 4.22. The van der Waals surface area contributed by atoms with Gasteiger partial charge >= 0.3 is 5.69 Å². The first-order valence-corrected chi connectivity index (χ1v) is 6.44. The summed E-state index contributed by atoms with van der Waals surface area (Å²) in [6.45, 7) is -0.323. The van der Waals surface area contributed by atoms with E-state index in [0.717, 1.165) is 18.2 Å². The lowest BCUT2D eigenvalue weighted by molar-refractivity contribution is -0.386. The summed E-state index contributed by atoms with van der Waals surface area (Å²) in [6, 6.07) is 7.09. The van der Waals surface area contributed by atoms with E-state index in [1.165, 1.54) is 18.2 Å². The molecule has 4 nitrogen and oxygen atoms in total. The Morgan fingerprint density at radius 3 is 2.62 bits per heavy atom. The van der Waals surface area contributed by atoms with Crippen molar-refractivity contribution in [1.29, 1.82) is 0 Å². The SMILES string of the molecule is O=[N+]([O-])c1ccc(CCl)cc1OCc1cc(F)ccc1F. The van der Waals surface area contributed by atoms with Crippen molar-refractivity contribution in [2.45, 2.75) is 12.5 Å². The minimum atomic E-state index is -0.646. The van der Waals surface area contributed by atoms with Crippen molar-refractivity contribution >= 4 is 17.3 Å². The van der Waals surface area contributed by atoms with Gasteiger partial charge in [-0.1, -0.05) is 6.07 Å². The summed E-state index contributed by atoms with van der Waals surface area (Å²) >= 11 is 5.66. The third-order valence-corrected chi connectivity index (χ3v) is 3.07. The molecule has 21 heavy (non-hydrogen) atoms. The number of nitrogens with zero attached hydrogens (tertiary/aromatic N) is 1. The number of ether oxygens (including phenoxy) is 1. The molecular weight excluding hydrogens is 304 g/mol. The van der Waals surface area contributed by atoms with Gasteiger partial charge in [-0.2, -0.15) is 0 Å². The molecule has 2 rings (SSSR count). The van der Waals surface area contributed by atoms with Crippen LogP contribution in [0.15, 0.2) is 36.4 Å². The van der Waals surface area contributed by atoms with Crippen molar-refractivity contribution in [1.82, 2.24) is 0 Å². The van der Waals surface area contributed by atoms with Gasteiger partial charge in [0.1, 0.15) is 18.2 Å². The number of halogens is 3. The molecule has 7 heteroatoms. The van der Waals surface area contributed by atoms with E-state index < -0.39 is 16.6 Å². The van der Waals surface area contributed by atoms with Crippen molar-refractivity contribution in [3.05, 3.63) is 69.3 Å². The second kappa shape index (κ2) is 6.49. The molecule has 0 aliphatic rings. The van der Waals surface area contributed by atoms with Crippen LogP contribution in [0, 0.1) is 21.7 Å². The number of nitro benzene ring substituents is 1. The van der Waals surface area contributed by atoms with Crippen molar-refractivity contribution in [2.24, 2.45) is 0 Å². The van der Waals surface area contributed by atoms with Gasteiger partial charge in [0.05, 0.1) is 4.92 Å². The summed E-state index contributed by atoms with van der Waals surface area (Å²) in [7, 11) is 0. The quantitative estimate of drug-likeness (QED) is 0.472. The molecule has 0 aliphatic carbocycles. The van der Waals surface area contributed by atoms with Gasteiger partial charge in [-0.3, -0.25) is 10.1 Å². The average molecular weight is 314 g/mol. The number of nitro groups is 1. The Kier molecular flexibility index (Phi) is 4.70. The summed E-state index contributed by atoms with van der Waals surface area (Å²) in [5.41, 5.74) is 0.332. The molecule has 0 amide bonds. The minimum Gasteiger partial charge on any atom is -0.482 e. The van der Waals surface area contributed by atoms with Gasteiger partial charge in [0.15, 0.2) is 5.75 Å². The summed E-state index contributed by atoms with van der Waals surface area (Å²) in [4.78, 5) is 10.3. The van der Waals surface area contributed by atoms with Crippen LogP contribution in [0.5, 0.6) is 5.75 Å². The molecule has 0 fully saturated rings. The van der Waals surface area contributed by atoms with Crippen LogP contribution >= 0.6 is 11.6 Å². The molecule has 0 saturated carbocycles. The lowest BCUT2D eigenvalue weighted by atomic mass is 10.2. The lowest BCUT2D eigenvalue weighted by Gasteiger charge is -2.09. The van der Waals surface area contributed by atoms with E-state index >= 15 is 0 Å². The molecule has 0 saturated heterocycles. The standard InChI is InChI=1S/C14H10ClF2NO3/c15-7-9-1-4-13(18(19)20)14(5-9)21-8-10-6-11(16)2-3-12(10)17/h1-6H,7-8H2. The highest BCUT2D eigenvalue weighted by molar-refractivity contribution is 6.17. The van der Waals surface area contributed by atoms with Crippen LogP contribution in [-0.4, -0.2) is 4.92 Å². The largest absolute Gasteiger partial charge is 0.482 e. The predicted molar refractivity (Wildman–Crippen MR) is 73.3 cm³/mol. The summed E-state index contributed by atoms with van der Waals surface area (Å²) in [5, 5.41) is 10.9. The fraction of sp³-hybridized carbons (Fsp3) is 0.143. The topological polar surface area (TPSA) is 52.4 Å². The highest BCUT2D eigenvalue weighted by atomic mass is 35.5. The van der Waals surface area contributed by atoms with Gasteiger partial charge in [0, 0.05) is 17.5 Å². The Morgan fingerprint density at radius 1 is 1.19 bits per heavy atom. The normalized spacial score (nSPS) is 10.4. The van der Waals surface area contributed by atoms with Gasteiger partial charge < -0.3 is 4.74 Å². The Labute approximate surface area is 124 Å². The van der Waals surface area contributed by atoms with E-state index in [1.54, 1.807) is 0 Å². The molecule has 0 bridgehead atoms. The zero-order valence-corrected chi connectivity index (χ0v) is 11.4. The third-order valence-electron chi connectivity index (χ3n) is 2.77. The van der Waals surface area contributed by atoms with Gasteiger partial charge in [-0.05, 0) is 29.8 Å². The maximum absolute atomic E-state index is 13.5. The van der Waals surface area contributed by atoms with E-state index in [1.807, 2.05) is 0 Å². The molecule has 2 aromatic carbocycles. The molecular formula is C14H10ClF2NO3. The lowest BCUT2D eigenvalue weighted by Crippen LogP contribution is -2.02. The van der Waals surface area contributed by atoms with Crippen molar-refractivity contribution in [2.75, 3.05) is 0 Å². The molecule has 0 heterocycles. The summed E-state index contributed by atoms with van der Waals surface area (Å²) in [5.74, 6) is -1.14. The number of benzene rings is 2. The molecule has 2 aromatic rings. The fourth-order valence-electron chi connectivity index (χ4n) is 1.72. The Morgan fingerprint density at radius 2 is 1.95 bits per heavy atom. The van der Waals surface area contributed by atoms with Crippen LogP contribution in [-0.2, 0) is 12.5 Å². The molecule has 0 spiro atoms. The second-order valence-corrected chi connectivity index (χ2v) is 4.48. The Bertz CT molecular complexity index is 679. The minimum absolute atomic E-state index is 0.0272. The predicted octanol–water partition coefficient (Wildman–Crippen LogP) is 4.19. The van der Waals surface area contributed by atoms with Crippen LogP contribution < -0.4 is 4.74 Å². The van der Waals surface area contributed by atoms with Gasteiger partial charge in [0.25, 0.3) is 0 Å². The van der Waals surface area contributed by atoms with Crippen LogP contribution in [0.1, 0.15) is 11.1 Å². The Balaban J connectivity index is 2.26. The first-order chi connectivity index (χ1) is 10.0. The van der Waals surface area contributed by atoms with Gasteiger partial charge in [0.2, 0.25) is 0 Å². The summed E-state index contributed by atoms with van der Waals surface area (Å²) < 4.78 is 31.8. The number of alkyl halides is 1. The van der Waals surface area contributed by atoms with E-state index in [-0.39, 0.29) is 29.5 Å².